The molecule has 174 valence electrons. The molecule has 10 heteroatoms. The number of anilines is 1. The van der Waals surface area contributed by atoms with Crippen molar-refractivity contribution in [2.45, 2.75) is 37.0 Å². The average molecular weight is 488 g/mol. The normalized spacial score (nSPS) is 18.1. The molecule has 4 rings (SSSR count). The maximum atomic E-state index is 12.9. The Morgan fingerprint density at radius 3 is 2.79 bits per heavy atom. The number of piperidine rings is 1. The summed E-state index contributed by atoms with van der Waals surface area (Å²) in [4.78, 5) is 30.6. The van der Waals surface area contributed by atoms with Crippen LogP contribution in [0.15, 0.2) is 52.9 Å². The molecule has 0 unspecified atom stereocenters. The first-order valence-corrected chi connectivity index (χ1v) is 12.9. The Hall–Kier alpha value is -2.82. The zero-order valence-corrected chi connectivity index (χ0v) is 20.0. The number of pyridine rings is 1. The Balaban J connectivity index is 1.39. The van der Waals surface area contributed by atoms with Gasteiger partial charge in [-0.25, -0.2) is 8.42 Å². The molecule has 0 bridgehead atoms. The maximum Gasteiger partial charge on any atom is 0.311 e. The summed E-state index contributed by atoms with van der Waals surface area (Å²) in [5.41, 5.74) is 1.32. The van der Waals surface area contributed by atoms with Crippen LogP contribution in [-0.4, -0.2) is 48.8 Å². The number of aryl methyl sites for hydroxylation is 1. The number of hydrogen-bond acceptors (Lipinski definition) is 7. The van der Waals surface area contributed by atoms with E-state index in [1.165, 1.54) is 22.6 Å². The zero-order chi connectivity index (χ0) is 23.6. The molecule has 0 radical (unpaired) electrons. The number of amides is 1. The van der Waals surface area contributed by atoms with Crippen molar-refractivity contribution in [1.82, 2.24) is 9.29 Å². The second-order valence-corrected chi connectivity index (χ2v) is 11.5. The van der Waals surface area contributed by atoms with Crippen LogP contribution >= 0.6 is 11.3 Å². The van der Waals surface area contributed by atoms with E-state index in [1.54, 1.807) is 36.5 Å². The third kappa shape index (κ3) is 5.07. The van der Waals surface area contributed by atoms with Gasteiger partial charge in [0.25, 0.3) is 15.9 Å². The van der Waals surface area contributed by atoms with Gasteiger partial charge in [-0.05, 0) is 63.1 Å². The fourth-order valence-electron chi connectivity index (χ4n) is 3.80. The largest absolute Gasteiger partial charge is 0.452 e. The van der Waals surface area contributed by atoms with Crippen molar-refractivity contribution >= 4 is 49.8 Å². The number of fused-ring (bicyclic) bond motifs is 1. The minimum atomic E-state index is -3.66. The molecule has 3 heterocycles. The molecule has 1 saturated heterocycles. The van der Waals surface area contributed by atoms with Gasteiger partial charge in [0, 0.05) is 29.5 Å². The Morgan fingerprint density at radius 1 is 1.21 bits per heavy atom. The molecule has 1 aromatic carbocycles. The molecule has 2 atom stereocenters. The first-order chi connectivity index (χ1) is 15.8. The summed E-state index contributed by atoms with van der Waals surface area (Å²) in [5, 5.41) is 3.57. The number of sulfonamides is 1. The van der Waals surface area contributed by atoms with Crippen molar-refractivity contribution in [3.05, 3.63) is 53.5 Å². The summed E-state index contributed by atoms with van der Waals surface area (Å²) in [6, 6.07) is 12.4. The lowest BCUT2D eigenvalue weighted by Crippen LogP contribution is -2.43. The van der Waals surface area contributed by atoms with E-state index in [2.05, 4.69) is 10.3 Å². The zero-order valence-electron chi connectivity index (χ0n) is 18.4. The standard InChI is InChI=1S/C23H25N3O5S2/c1-15-10-11-21(32-15)33(29,30)26-13-5-6-17(14-26)23(28)31-16(2)22(27)25-20-9-3-8-19-18(20)7-4-12-24-19/h3-4,7-12,16-17H,5-6,13-14H2,1-2H3,(H,25,27)/t16-,17-/m0/s1. The summed E-state index contributed by atoms with van der Waals surface area (Å²) in [6.45, 7) is 3.75. The topological polar surface area (TPSA) is 106 Å². The van der Waals surface area contributed by atoms with Gasteiger partial charge in [0.05, 0.1) is 17.1 Å². The van der Waals surface area contributed by atoms with E-state index in [9.17, 15) is 18.0 Å². The van der Waals surface area contributed by atoms with Gasteiger partial charge in [-0.2, -0.15) is 4.31 Å². The Morgan fingerprint density at radius 2 is 2.03 bits per heavy atom. The van der Waals surface area contributed by atoms with E-state index in [4.69, 9.17) is 4.74 Å². The molecule has 3 aromatic rings. The highest BCUT2D eigenvalue weighted by Crippen LogP contribution is 2.29. The summed E-state index contributed by atoms with van der Waals surface area (Å²) < 4.78 is 32.9. The van der Waals surface area contributed by atoms with Crippen LogP contribution in [0.2, 0.25) is 0 Å². The number of aromatic nitrogens is 1. The number of nitrogens with one attached hydrogen (secondary N) is 1. The van der Waals surface area contributed by atoms with Gasteiger partial charge in [-0.3, -0.25) is 14.6 Å². The van der Waals surface area contributed by atoms with E-state index >= 15 is 0 Å². The fourth-order valence-corrected chi connectivity index (χ4v) is 6.76. The van der Waals surface area contributed by atoms with E-state index in [0.717, 1.165) is 15.8 Å². The monoisotopic (exact) mass is 487 g/mol. The van der Waals surface area contributed by atoms with E-state index in [0.29, 0.717) is 25.1 Å². The number of carbonyl (C=O) groups excluding carboxylic acids is 2. The minimum absolute atomic E-state index is 0.0431. The summed E-state index contributed by atoms with van der Waals surface area (Å²) in [7, 11) is -3.66. The number of hydrogen-bond donors (Lipinski definition) is 1. The molecular formula is C23H25N3O5S2. The molecule has 1 aliphatic rings. The lowest BCUT2D eigenvalue weighted by atomic mass is 10.00. The Bertz CT molecular complexity index is 1280. The van der Waals surface area contributed by atoms with E-state index < -0.39 is 33.9 Å². The molecule has 0 aliphatic carbocycles. The quantitative estimate of drug-likeness (QED) is 0.533. The third-order valence-corrected chi connectivity index (χ3v) is 8.93. The SMILES string of the molecule is Cc1ccc(S(=O)(=O)N2CCC[C@H](C(=O)O[C@@H](C)C(=O)Nc3cccc4ncccc34)C2)s1. The number of nitrogens with zero attached hydrogens (tertiary/aromatic N) is 2. The van der Waals surface area contributed by atoms with Crippen LogP contribution in [-0.2, 0) is 24.3 Å². The number of thiophene rings is 1. The van der Waals surface area contributed by atoms with Crippen molar-refractivity contribution < 1.29 is 22.7 Å². The van der Waals surface area contributed by atoms with Crippen LogP contribution in [0.1, 0.15) is 24.6 Å². The van der Waals surface area contributed by atoms with Crippen molar-refractivity contribution in [1.29, 1.82) is 0 Å². The summed E-state index contributed by atoms with van der Waals surface area (Å²) in [5.74, 6) is -1.65. The lowest BCUT2D eigenvalue weighted by Gasteiger charge is -2.30. The van der Waals surface area contributed by atoms with Gasteiger partial charge < -0.3 is 10.1 Å². The van der Waals surface area contributed by atoms with Gasteiger partial charge >= 0.3 is 5.97 Å². The molecule has 8 nitrogen and oxygen atoms in total. The summed E-state index contributed by atoms with van der Waals surface area (Å²) in [6.07, 6.45) is 1.70. The van der Waals surface area contributed by atoms with Gasteiger partial charge in [-0.1, -0.05) is 6.07 Å². The average Bonchev–Trinajstić information content (AvgIpc) is 3.26. The first-order valence-electron chi connectivity index (χ1n) is 10.7. The van der Waals surface area contributed by atoms with Crippen LogP contribution in [0, 0.1) is 12.8 Å². The van der Waals surface area contributed by atoms with Gasteiger partial charge in [0.15, 0.2) is 6.10 Å². The third-order valence-electron chi connectivity index (χ3n) is 5.59. The molecule has 0 saturated carbocycles. The van der Waals surface area contributed by atoms with Crippen LogP contribution in [0.4, 0.5) is 5.69 Å². The molecule has 33 heavy (non-hydrogen) atoms. The Kier molecular flexibility index (Phi) is 6.78. The number of carbonyl (C=O) groups is 2. The lowest BCUT2D eigenvalue weighted by molar-refractivity contribution is -0.158. The molecular weight excluding hydrogens is 462 g/mol. The highest BCUT2D eigenvalue weighted by molar-refractivity contribution is 7.91. The molecule has 1 fully saturated rings. The Labute approximate surface area is 196 Å². The molecule has 1 N–H and O–H groups in total. The van der Waals surface area contributed by atoms with Crippen LogP contribution < -0.4 is 5.32 Å². The van der Waals surface area contributed by atoms with E-state index in [1.807, 2.05) is 19.1 Å². The number of benzene rings is 1. The smallest absolute Gasteiger partial charge is 0.311 e. The van der Waals surface area contributed by atoms with Gasteiger partial charge in [0.1, 0.15) is 4.21 Å². The summed E-state index contributed by atoms with van der Waals surface area (Å²) >= 11 is 1.21. The molecule has 1 amide bonds. The highest BCUT2D eigenvalue weighted by Gasteiger charge is 2.35. The number of rotatable bonds is 6. The van der Waals surface area contributed by atoms with Gasteiger partial charge in [0.2, 0.25) is 0 Å². The van der Waals surface area contributed by atoms with Crippen LogP contribution in [0.5, 0.6) is 0 Å². The predicted molar refractivity (Wildman–Crippen MR) is 126 cm³/mol. The van der Waals surface area contributed by atoms with Gasteiger partial charge in [-0.15, -0.1) is 11.3 Å². The van der Waals surface area contributed by atoms with Crippen LogP contribution in [0.3, 0.4) is 0 Å². The second kappa shape index (κ2) is 9.58. The second-order valence-electron chi connectivity index (χ2n) is 8.01. The first kappa shape index (κ1) is 23.3. The number of esters is 1. The van der Waals surface area contributed by atoms with E-state index in [-0.39, 0.29) is 10.8 Å². The van der Waals surface area contributed by atoms with Crippen molar-refractivity contribution in [2.24, 2.45) is 5.92 Å². The maximum absolute atomic E-state index is 12.9. The van der Waals surface area contributed by atoms with Crippen molar-refractivity contribution in [2.75, 3.05) is 18.4 Å². The molecule has 0 spiro atoms. The highest BCUT2D eigenvalue weighted by atomic mass is 32.2. The fraction of sp³-hybridized carbons (Fsp3) is 0.348. The van der Waals surface area contributed by atoms with Crippen molar-refractivity contribution in [3.8, 4) is 0 Å². The van der Waals surface area contributed by atoms with Crippen molar-refractivity contribution in [3.63, 3.8) is 0 Å². The molecule has 2 aromatic heterocycles. The number of ether oxygens (including phenoxy) is 1. The predicted octanol–water partition coefficient (Wildman–Crippen LogP) is 3.58. The minimum Gasteiger partial charge on any atom is -0.452 e. The van der Waals surface area contributed by atoms with Crippen LogP contribution in [0.25, 0.3) is 10.9 Å². The molecule has 1 aliphatic heterocycles.